The van der Waals surface area contributed by atoms with Gasteiger partial charge in [-0.25, -0.2) is 0 Å². The van der Waals surface area contributed by atoms with Crippen LogP contribution in [0.25, 0.3) is 27.8 Å². The minimum absolute atomic E-state index is 0.287. The van der Waals surface area contributed by atoms with Gasteiger partial charge < -0.3 is 14.4 Å². The summed E-state index contributed by atoms with van der Waals surface area (Å²) >= 11 is 0. The molecular formula is C67H47NO2S. The molecule has 3 nitrogen and oxygen atoms in total. The van der Waals surface area contributed by atoms with E-state index in [4.69, 9.17) is 9.47 Å². The van der Waals surface area contributed by atoms with E-state index < -0.39 is 15.4 Å². The quantitative estimate of drug-likeness (QED) is 0.152. The van der Waals surface area contributed by atoms with Gasteiger partial charge in [0.15, 0.2) is 17.6 Å². The van der Waals surface area contributed by atoms with E-state index in [0.717, 1.165) is 39.7 Å². The molecule has 10 aromatic rings. The highest BCUT2D eigenvalue weighted by Crippen LogP contribution is 2.73. The first-order chi connectivity index (χ1) is 35.2. The topological polar surface area (TPSA) is 21.7 Å². The van der Waals surface area contributed by atoms with Crippen LogP contribution in [0.2, 0.25) is 0 Å². The molecule has 1 spiro atoms. The predicted octanol–water partition coefficient (Wildman–Crippen LogP) is 17.4. The van der Waals surface area contributed by atoms with Gasteiger partial charge in [-0.1, -0.05) is 176 Å². The Hall–Kier alpha value is -8.57. The van der Waals surface area contributed by atoms with Crippen LogP contribution in [0, 0.1) is 0 Å². The molecule has 71 heavy (non-hydrogen) atoms. The molecule has 0 amide bonds. The van der Waals surface area contributed by atoms with Crippen LogP contribution in [0.3, 0.4) is 0 Å². The summed E-state index contributed by atoms with van der Waals surface area (Å²) in [4.78, 5) is 7.50. The van der Waals surface area contributed by atoms with Gasteiger partial charge in [0.25, 0.3) is 0 Å². The van der Waals surface area contributed by atoms with Crippen LogP contribution >= 0.6 is 10.0 Å². The standard InChI is InChI=1S/C67H47NO2S/c1-5-22-48(23-6-1)68(49-24-19-21-47(43-49)46-39-41-53(42-40-46)71(50-25-7-2-8-26-50,51-27-9-3-10-28-51)52-29-11-4-12-30-52)62-37-20-38-63-66(62)70-64-44-57-56-33-15-18-36-60(56)67(61(57)45-65(64)69-63)58-34-16-13-31-54(58)55-32-14-17-35-59(55)67/h1-44,65H,45H2. The Morgan fingerprint density at radius 2 is 0.915 bits per heavy atom. The highest BCUT2D eigenvalue weighted by atomic mass is 32.3. The molecule has 0 saturated heterocycles. The molecule has 0 radical (unpaired) electrons. The first kappa shape index (κ1) is 41.4. The molecule has 1 unspecified atom stereocenters. The Morgan fingerprint density at radius 1 is 0.423 bits per heavy atom. The lowest BCUT2D eigenvalue weighted by molar-refractivity contribution is 0.144. The maximum atomic E-state index is 7.24. The van der Waals surface area contributed by atoms with Crippen molar-refractivity contribution in [3.05, 3.63) is 301 Å². The van der Waals surface area contributed by atoms with Crippen LogP contribution < -0.4 is 14.4 Å². The molecule has 0 fully saturated rings. The molecule has 0 aromatic heterocycles. The summed E-state index contributed by atoms with van der Waals surface area (Å²) in [7, 11) is -1.81. The second-order valence-electron chi connectivity index (χ2n) is 18.6. The SMILES string of the molecule is C1=C2Oc3c(cccc3N(c3ccccc3)c3cccc(-c4ccc(S(c5ccccc5)(c5ccccc5)c5ccccc5)cc4)c3)OC2CC2=C1c1ccccc1C21c2ccccc2-c2ccccc21. The number of hydrogen-bond donors (Lipinski definition) is 0. The van der Waals surface area contributed by atoms with E-state index in [9.17, 15) is 0 Å². The van der Waals surface area contributed by atoms with E-state index in [-0.39, 0.29) is 6.10 Å². The molecule has 4 aliphatic rings. The molecule has 1 aliphatic heterocycles. The second kappa shape index (κ2) is 16.5. The molecule has 0 bridgehead atoms. The van der Waals surface area contributed by atoms with Gasteiger partial charge in [0.1, 0.15) is 5.76 Å². The summed E-state index contributed by atoms with van der Waals surface area (Å²) < 4.78 is 14.4. The van der Waals surface area contributed by atoms with Crippen molar-refractivity contribution in [2.45, 2.75) is 37.5 Å². The van der Waals surface area contributed by atoms with Crippen molar-refractivity contribution in [2.75, 3.05) is 4.90 Å². The third-order valence-corrected chi connectivity index (χ3v) is 18.9. The second-order valence-corrected chi connectivity index (χ2v) is 21.8. The normalized spacial score (nSPS) is 15.7. The lowest BCUT2D eigenvalue weighted by Gasteiger charge is -2.42. The molecule has 14 rings (SSSR count). The highest BCUT2D eigenvalue weighted by molar-refractivity contribution is 8.34. The zero-order chi connectivity index (χ0) is 46.9. The summed E-state index contributed by atoms with van der Waals surface area (Å²) in [5.74, 6) is 2.27. The van der Waals surface area contributed by atoms with Crippen LogP contribution in [0.4, 0.5) is 17.1 Å². The van der Waals surface area contributed by atoms with Crippen LogP contribution in [0.1, 0.15) is 28.7 Å². The summed E-state index contributed by atoms with van der Waals surface area (Å²) in [6.07, 6.45) is 2.70. The highest BCUT2D eigenvalue weighted by Gasteiger charge is 2.54. The van der Waals surface area contributed by atoms with Crippen molar-refractivity contribution in [3.63, 3.8) is 0 Å². The summed E-state index contributed by atoms with van der Waals surface area (Å²) in [6.45, 7) is 0. The number of benzene rings is 10. The van der Waals surface area contributed by atoms with Gasteiger partial charge in [-0.05, 0) is 147 Å². The average molecular weight is 930 g/mol. The summed E-state index contributed by atoms with van der Waals surface area (Å²) in [6, 6.07) is 95.0. The number of anilines is 3. The molecule has 0 saturated carbocycles. The Morgan fingerprint density at radius 3 is 1.52 bits per heavy atom. The van der Waals surface area contributed by atoms with Crippen molar-refractivity contribution in [1.29, 1.82) is 0 Å². The van der Waals surface area contributed by atoms with E-state index >= 15 is 0 Å². The first-order valence-electron chi connectivity index (χ1n) is 24.5. The summed E-state index contributed by atoms with van der Waals surface area (Å²) in [5.41, 5.74) is 15.3. The lowest BCUT2D eigenvalue weighted by atomic mass is 9.68. The van der Waals surface area contributed by atoms with Gasteiger partial charge >= 0.3 is 0 Å². The fourth-order valence-corrected chi connectivity index (χ4v) is 16.0. The Balaban J connectivity index is 0.862. The smallest absolute Gasteiger partial charge is 0.192 e. The van der Waals surface area contributed by atoms with Crippen molar-refractivity contribution < 1.29 is 9.47 Å². The van der Waals surface area contributed by atoms with Crippen LogP contribution in [0.5, 0.6) is 11.5 Å². The number of hydrogen-bond acceptors (Lipinski definition) is 3. The van der Waals surface area contributed by atoms with Gasteiger partial charge in [-0.2, -0.15) is 0 Å². The first-order valence-corrected chi connectivity index (χ1v) is 26.1. The molecule has 3 aliphatic carbocycles. The van der Waals surface area contributed by atoms with E-state index in [1.54, 1.807) is 0 Å². The van der Waals surface area contributed by atoms with Crippen molar-refractivity contribution in [3.8, 4) is 33.8 Å². The Labute approximate surface area is 416 Å². The fourth-order valence-electron chi connectivity index (χ4n) is 12.1. The molecule has 0 N–H and O–H groups in total. The zero-order valence-electron chi connectivity index (χ0n) is 38.9. The largest absolute Gasteiger partial charge is 0.478 e. The van der Waals surface area contributed by atoms with Gasteiger partial charge in [-0.3, -0.25) is 0 Å². The minimum atomic E-state index is -1.81. The van der Waals surface area contributed by atoms with E-state index in [1.165, 1.54) is 64.1 Å². The van der Waals surface area contributed by atoms with Gasteiger partial charge in [0, 0.05) is 37.4 Å². The van der Waals surface area contributed by atoms with Crippen molar-refractivity contribution >= 4 is 32.7 Å². The van der Waals surface area contributed by atoms with Crippen LogP contribution in [0.15, 0.2) is 298 Å². The van der Waals surface area contributed by atoms with Gasteiger partial charge in [-0.15, -0.1) is 10.0 Å². The zero-order valence-corrected chi connectivity index (χ0v) is 39.7. The van der Waals surface area contributed by atoms with E-state index in [0.29, 0.717) is 12.2 Å². The van der Waals surface area contributed by atoms with E-state index in [1.807, 2.05) is 0 Å². The monoisotopic (exact) mass is 929 g/mol. The predicted molar refractivity (Wildman–Crippen MR) is 289 cm³/mol. The number of nitrogens with zero attached hydrogens (tertiary/aromatic N) is 1. The number of rotatable bonds is 8. The fraction of sp³-hybridized carbons (Fsp3) is 0.0448. The molecule has 1 heterocycles. The molecule has 1 atom stereocenters. The van der Waals surface area contributed by atoms with Gasteiger partial charge in [0.05, 0.1) is 11.1 Å². The van der Waals surface area contributed by atoms with Crippen LogP contribution in [-0.4, -0.2) is 6.10 Å². The van der Waals surface area contributed by atoms with E-state index in [2.05, 4.69) is 272 Å². The Kier molecular flexibility index (Phi) is 9.65. The minimum Gasteiger partial charge on any atom is -0.478 e. The number of para-hydroxylation sites is 2. The molecule has 4 heteroatoms. The van der Waals surface area contributed by atoms with Crippen LogP contribution in [-0.2, 0) is 5.41 Å². The number of ether oxygens (including phenoxy) is 2. The van der Waals surface area contributed by atoms with Crippen molar-refractivity contribution in [2.24, 2.45) is 0 Å². The van der Waals surface area contributed by atoms with Crippen molar-refractivity contribution in [1.82, 2.24) is 0 Å². The maximum absolute atomic E-state index is 7.24. The third-order valence-electron chi connectivity index (χ3n) is 15.0. The summed E-state index contributed by atoms with van der Waals surface area (Å²) in [5, 5.41) is 0. The number of allylic oxidation sites excluding steroid dienone is 2. The maximum Gasteiger partial charge on any atom is 0.192 e. The molecule has 10 aromatic carbocycles. The van der Waals surface area contributed by atoms with Gasteiger partial charge in [0.2, 0.25) is 0 Å². The lowest BCUT2D eigenvalue weighted by Crippen LogP contribution is -2.35. The average Bonchev–Trinajstić information content (AvgIpc) is 3.90. The Bertz CT molecular complexity index is 3590. The third kappa shape index (κ3) is 6.24. The molecular weight excluding hydrogens is 883 g/mol. The molecule has 338 valence electrons. The number of fused-ring (bicyclic) bond motifs is 11.